The fourth-order valence-corrected chi connectivity index (χ4v) is 4.19. The maximum atomic E-state index is 13.1. The Bertz CT molecular complexity index is 950. The zero-order valence-corrected chi connectivity index (χ0v) is 19.6. The van der Waals surface area contributed by atoms with E-state index in [-0.39, 0.29) is 13.0 Å². The number of piperidine rings is 1. The second kappa shape index (κ2) is 8.20. The fraction of sp³-hybridized carbons (Fsp3) is 0.600. The molecule has 3 atom stereocenters. The van der Waals surface area contributed by atoms with Crippen molar-refractivity contribution in [1.82, 2.24) is 15.2 Å². The molecule has 8 nitrogen and oxygen atoms in total. The summed E-state index contributed by atoms with van der Waals surface area (Å²) < 4.78 is 43.7. The van der Waals surface area contributed by atoms with E-state index in [2.05, 4.69) is 26.2 Å². The van der Waals surface area contributed by atoms with Gasteiger partial charge in [-0.3, -0.25) is 14.5 Å². The first kappa shape index (κ1) is 24.3. The number of alkyl halides is 3. The molecule has 0 spiro atoms. The number of pyridine rings is 1. The first-order valence-electron chi connectivity index (χ1n) is 9.93. The Morgan fingerprint density at radius 2 is 1.91 bits per heavy atom. The molecule has 12 heteroatoms. The van der Waals surface area contributed by atoms with Gasteiger partial charge in [-0.05, 0) is 68.1 Å². The normalized spacial score (nSPS) is 24.6. The second-order valence-electron chi connectivity index (χ2n) is 9.16. The molecular formula is C20H24BrF3N4O4. The van der Waals surface area contributed by atoms with Gasteiger partial charge >= 0.3 is 18.2 Å². The van der Waals surface area contributed by atoms with Gasteiger partial charge in [0.2, 0.25) is 5.91 Å². The number of rotatable bonds is 4. The van der Waals surface area contributed by atoms with Crippen LogP contribution < -0.4 is 10.6 Å². The van der Waals surface area contributed by atoms with Gasteiger partial charge in [0, 0.05) is 18.0 Å². The average Bonchev–Trinajstić information content (AvgIpc) is 3.24. The summed E-state index contributed by atoms with van der Waals surface area (Å²) in [6.45, 7) is 6.48. The molecule has 1 aromatic rings. The van der Waals surface area contributed by atoms with Crippen molar-refractivity contribution in [1.29, 1.82) is 0 Å². The largest absolute Gasteiger partial charge is 0.471 e. The molecule has 0 aromatic carbocycles. The number of aromatic nitrogens is 1. The maximum absolute atomic E-state index is 13.1. The number of nitrogens with zero attached hydrogens (tertiary/aromatic N) is 2. The minimum absolute atomic E-state index is 0.0912. The van der Waals surface area contributed by atoms with E-state index in [1.54, 1.807) is 39.8 Å². The van der Waals surface area contributed by atoms with Gasteiger partial charge in [0.15, 0.2) is 0 Å². The summed E-state index contributed by atoms with van der Waals surface area (Å²) in [6, 6.07) is 1.96. The number of halogens is 4. The van der Waals surface area contributed by atoms with Gasteiger partial charge in [-0.1, -0.05) is 6.07 Å². The summed E-state index contributed by atoms with van der Waals surface area (Å²) in [6.07, 6.45) is -5.29. The SMILES string of the molecule is Cc1ccc(Br)nc1NC(=O)C1CC2(CNC(=O)C(F)(F)F)CC2N1C(=O)OC(C)(C)C. The Morgan fingerprint density at radius 3 is 2.50 bits per heavy atom. The van der Waals surface area contributed by atoms with Crippen LogP contribution in [0.4, 0.5) is 23.8 Å². The first-order chi connectivity index (χ1) is 14.6. The number of likely N-dealkylation sites (tertiary alicyclic amines) is 1. The van der Waals surface area contributed by atoms with Crippen LogP contribution in [-0.4, -0.2) is 58.2 Å². The summed E-state index contributed by atoms with van der Waals surface area (Å²) >= 11 is 3.23. The van der Waals surface area contributed by atoms with Crippen molar-refractivity contribution < 1.29 is 32.3 Å². The van der Waals surface area contributed by atoms with E-state index in [1.165, 1.54) is 4.90 Å². The highest BCUT2D eigenvalue weighted by atomic mass is 79.9. The van der Waals surface area contributed by atoms with Crippen molar-refractivity contribution in [2.45, 2.75) is 64.4 Å². The molecule has 2 aliphatic rings. The van der Waals surface area contributed by atoms with E-state index in [1.807, 2.05) is 5.32 Å². The molecule has 3 amide bonds. The van der Waals surface area contributed by atoms with E-state index in [0.29, 0.717) is 22.4 Å². The number of ether oxygens (including phenoxy) is 1. The van der Waals surface area contributed by atoms with Crippen molar-refractivity contribution in [3.8, 4) is 0 Å². The molecule has 1 saturated heterocycles. The highest BCUT2D eigenvalue weighted by Crippen LogP contribution is 2.59. The van der Waals surface area contributed by atoms with Gasteiger partial charge in [0.25, 0.3) is 0 Å². The zero-order chi connectivity index (χ0) is 24.1. The van der Waals surface area contributed by atoms with Crippen molar-refractivity contribution in [2.24, 2.45) is 5.41 Å². The van der Waals surface area contributed by atoms with E-state index >= 15 is 0 Å². The van der Waals surface area contributed by atoms with Gasteiger partial charge in [-0.2, -0.15) is 13.2 Å². The minimum atomic E-state index is -5.01. The Kier molecular flexibility index (Phi) is 6.22. The summed E-state index contributed by atoms with van der Waals surface area (Å²) in [5, 5.41) is 4.58. The maximum Gasteiger partial charge on any atom is 0.471 e. The Hall–Kier alpha value is -2.37. The molecule has 0 bridgehead atoms. The lowest BCUT2D eigenvalue weighted by Crippen LogP contribution is -2.47. The van der Waals surface area contributed by atoms with E-state index in [4.69, 9.17) is 4.74 Å². The molecule has 1 aliphatic heterocycles. The Balaban J connectivity index is 1.80. The number of aryl methyl sites for hydroxylation is 1. The lowest BCUT2D eigenvalue weighted by Gasteiger charge is -2.29. The molecule has 3 rings (SSSR count). The first-order valence-corrected chi connectivity index (χ1v) is 10.7. The van der Waals surface area contributed by atoms with Crippen LogP contribution in [0.5, 0.6) is 0 Å². The van der Waals surface area contributed by atoms with Crippen LogP contribution in [0.3, 0.4) is 0 Å². The molecule has 1 aliphatic carbocycles. The third-order valence-electron chi connectivity index (χ3n) is 5.49. The van der Waals surface area contributed by atoms with Crippen molar-refractivity contribution in [2.75, 3.05) is 11.9 Å². The molecule has 2 fully saturated rings. The number of carbonyl (C=O) groups excluding carboxylic acids is 3. The standard InChI is InChI=1S/C20H24BrF3N4O4/c1-10-5-6-13(21)26-14(10)27-15(29)11-7-19(9-25-16(30)20(22,23)24)8-12(19)28(11)17(31)32-18(2,3)4/h5-6,11-12H,7-9H2,1-4H3,(H,25,30)(H,26,27,29). The van der Waals surface area contributed by atoms with E-state index in [9.17, 15) is 27.6 Å². The Labute approximate surface area is 191 Å². The van der Waals surface area contributed by atoms with Crippen LogP contribution >= 0.6 is 15.9 Å². The van der Waals surface area contributed by atoms with Crippen LogP contribution in [0.15, 0.2) is 16.7 Å². The fourth-order valence-electron chi connectivity index (χ4n) is 3.88. The number of carbonyl (C=O) groups is 3. The molecular weight excluding hydrogens is 497 g/mol. The Morgan fingerprint density at radius 1 is 1.25 bits per heavy atom. The molecule has 2 heterocycles. The summed E-state index contributed by atoms with van der Waals surface area (Å²) in [7, 11) is 0. The molecule has 1 aromatic heterocycles. The van der Waals surface area contributed by atoms with Gasteiger partial charge in [-0.25, -0.2) is 9.78 Å². The van der Waals surface area contributed by atoms with E-state index < -0.39 is 47.2 Å². The quantitative estimate of drug-likeness (QED) is 0.591. The van der Waals surface area contributed by atoms with E-state index in [0.717, 1.165) is 0 Å². The predicted molar refractivity (Wildman–Crippen MR) is 112 cm³/mol. The van der Waals surface area contributed by atoms with Crippen LogP contribution in [0.2, 0.25) is 0 Å². The molecule has 176 valence electrons. The van der Waals surface area contributed by atoms with Crippen LogP contribution in [0, 0.1) is 12.3 Å². The molecule has 32 heavy (non-hydrogen) atoms. The number of amides is 3. The summed E-state index contributed by atoms with van der Waals surface area (Å²) in [4.78, 5) is 42.7. The minimum Gasteiger partial charge on any atom is -0.444 e. The number of fused-ring (bicyclic) bond motifs is 1. The van der Waals surface area contributed by atoms with Crippen LogP contribution in [0.25, 0.3) is 0 Å². The number of nitrogens with one attached hydrogen (secondary N) is 2. The molecule has 1 saturated carbocycles. The predicted octanol–water partition coefficient (Wildman–Crippen LogP) is 3.54. The lowest BCUT2D eigenvalue weighted by molar-refractivity contribution is -0.173. The van der Waals surface area contributed by atoms with Gasteiger partial charge in [0.05, 0.1) is 0 Å². The average molecular weight is 521 g/mol. The topological polar surface area (TPSA) is 101 Å². The van der Waals surface area contributed by atoms with Crippen LogP contribution in [-0.2, 0) is 14.3 Å². The number of anilines is 1. The summed E-state index contributed by atoms with van der Waals surface area (Å²) in [5.41, 5.74) is -0.953. The second-order valence-corrected chi connectivity index (χ2v) is 9.97. The highest BCUT2D eigenvalue weighted by Gasteiger charge is 2.68. The third kappa shape index (κ3) is 5.16. The lowest BCUT2D eigenvalue weighted by atomic mass is 9.99. The third-order valence-corrected chi connectivity index (χ3v) is 5.93. The van der Waals surface area contributed by atoms with Crippen molar-refractivity contribution in [3.63, 3.8) is 0 Å². The van der Waals surface area contributed by atoms with Crippen LogP contribution in [0.1, 0.15) is 39.2 Å². The van der Waals surface area contributed by atoms with Gasteiger partial charge in [0.1, 0.15) is 22.1 Å². The smallest absolute Gasteiger partial charge is 0.444 e. The number of hydrogen-bond donors (Lipinski definition) is 2. The van der Waals surface area contributed by atoms with Gasteiger partial charge < -0.3 is 15.4 Å². The van der Waals surface area contributed by atoms with Crippen molar-refractivity contribution in [3.05, 3.63) is 22.3 Å². The highest BCUT2D eigenvalue weighted by molar-refractivity contribution is 9.10. The van der Waals surface area contributed by atoms with Crippen molar-refractivity contribution >= 4 is 39.7 Å². The summed E-state index contributed by atoms with van der Waals surface area (Å²) in [5.74, 6) is -2.28. The molecule has 0 radical (unpaired) electrons. The molecule has 3 unspecified atom stereocenters. The molecule has 2 N–H and O–H groups in total. The monoisotopic (exact) mass is 520 g/mol. The number of hydrogen-bond acceptors (Lipinski definition) is 5. The van der Waals surface area contributed by atoms with Gasteiger partial charge in [-0.15, -0.1) is 0 Å². The zero-order valence-electron chi connectivity index (χ0n) is 18.0.